The van der Waals surface area contributed by atoms with Crippen LogP contribution in [0.2, 0.25) is 0 Å². The number of methoxy groups -OCH3 is 1. The number of carbonyl (C=O) groups is 2. The van der Waals surface area contributed by atoms with E-state index in [0.717, 1.165) is 18.4 Å². The Hall–Kier alpha value is -2.60. The lowest BCUT2D eigenvalue weighted by atomic mass is 10.3. The van der Waals surface area contributed by atoms with Crippen LogP contribution in [-0.2, 0) is 14.8 Å². The number of nitrogens with zero attached hydrogens (tertiary/aromatic N) is 4. The Morgan fingerprint density at radius 3 is 2.20 bits per heavy atom. The van der Waals surface area contributed by atoms with Crippen molar-refractivity contribution in [1.29, 1.82) is 0 Å². The maximum Gasteiger partial charge on any atom is 0.349 e. The zero-order chi connectivity index (χ0) is 18.9. The molecule has 0 saturated carbocycles. The van der Waals surface area contributed by atoms with Gasteiger partial charge in [-0.15, -0.1) is 15.6 Å². The van der Waals surface area contributed by atoms with Gasteiger partial charge < -0.3 is 10.5 Å². The number of aryl methyl sites for hydroxylation is 3. The molecule has 0 fully saturated rings. The van der Waals surface area contributed by atoms with Gasteiger partial charge in [-0.1, -0.05) is 0 Å². The molecule has 2 aromatic rings. The van der Waals surface area contributed by atoms with Gasteiger partial charge >= 0.3 is 12.0 Å². The molecule has 2 amide bonds. The van der Waals surface area contributed by atoms with Crippen LogP contribution in [0.1, 0.15) is 26.9 Å². The Bertz CT molecular complexity index is 933. The molecule has 10 nitrogen and oxygen atoms in total. The Labute approximate surface area is 147 Å². The maximum atomic E-state index is 13.0. The first-order valence-electron chi connectivity index (χ1n) is 6.80. The Morgan fingerprint density at radius 2 is 1.72 bits per heavy atom. The summed E-state index contributed by atoms with van der Waals surface area (Å²) in [4.78, 5) is 34.9. The molecule has 2 rings (SSSR count). The van der Waals surface area contributed by atoms with Crippen molar-refractivity contribution < 1.29 is 22.7 Å². The number of amides is 2. The number of urea groups is 1. The van der Waals surface area contributed by atoms with E-state index in [9.17, 15) is 18.0 Å². The van der Waals surface area contributed by atoms with E-state index in [4.69, 9.17) is 5.73 Å². The molecule has 0 saturated heterocycles. The molecule has 134 valence electrons. The van der Waals surface area contributed by atoms with Crippen LogP contribution >= 0.6 is 11.3 Å². The summed E-state index contributed by atoms with van der Waals surface area (Å²) in [5, 5.41) is 1.46. The fraction of sp³-hybridized carbons (Fsp3) is 0.308. The number of carbonyl (C=O) groups excluding carboxylic acids is 2. The smallest absolute Gasteiger partial charge is 0.349 e. The summed E-state index contributed by atoms with van der Waals surface area (Å²) in [6.45, 7) is 4.51. The van der Waals surface area contributed by atoms with Crippen LogP contribution in [0.5, 0.6) is 0 Å². The van der Waals surface area contributed by atoms with Crippen molar-refractivity contribution in [2.45, 2.75) is 25.7 Å². The second-order valence-corrected chi connectivity index (χ2v) is 7.51. The Balaban J connectivity index is 2.73. The lowest BCUT2D eigenvalue weighted by Crippen LogP contribution is -2.42. The minimum atomic E-state index is -4.54. The standard InChI is InChI=1S/C13H15N5O5S2/c1-6-5-24-9(11(19)23-4)10(6)25(21,22)18(12(14)20)13-16-7(2)15-8(3)17-13/h5H,1-4H3,(H2,14,20). The van der Waals surface area contributed by atoms with E-state index in [1.165, 1.54) is 26.2 Å². The number of aromatic nitrogens is 3. The van der Waals surface area contributed by atoms with Crippen molar-refractivity contribution in [1.82, 2.24) is 15.0 Å². The highest BCUT2D eigenvalue weighted by Crippen LogP contribution is 2.31. The fourth-order valence-electron chi connectivity index (χ4n) is 2.09. The van der Waals surface area contributed by atoms with Crippen LogP contribution < -0.4 is 10.0 Å². The highest BCUT2D eigenvalue weighted by molar-refractivity contribution is 7.93. The molecule has 0 aliphatic heterocycles. The molecule has 0 unspecified atom stereocenters. The van der Waals surface area contributed by atoms with Gasteiger partial charge in [0.1, 0.15) is 21.4 Å². The lowest BCUT2D eigenvalue weighted by molar-refractivity contribution is 0.0602. The minimum Gasteiger partial charge on any atom is -0.465 e. The van der Waals surface area contributed by atoms with Gasteiger partial charge in [0.2, 0.25) is 0 Å². The molecule has 12 heteroatoms. The first-order chi connectivity index (χ1) is 11.6. The first-order valence-corrected chi connectivity index (χ1v) is 9.12. The predicted octanol–water partition coefficient (Wildman–Crippen LogP) is 0.919. The number of esters is 1. The fourth-order valence-corrected chi connectivity index (χ4v) is 4.99. The summed E-state index contributed by atoms with van der Waals surface area (Å²) in [6, 6.07) is -1.31. The molecule has 2 N–H and O–H groups in total. The zero-order valence-corrected chi connectivity index (χ0v) is 15.4. The number of anilines is 1. The van der Waals surface area contributed by atoms with Crippen molar-refractivity contribution >= 4 is 39.3 Å². The number of hydrogen-bond donors (Lipinski definition) is 1. The third kappa shape index (κ3) is 3.44. The molecule has 0 aromatic carbocycles. The number of hydrogen-bond acceptors (Lipinski definition) is 9. The summed E-state index contributed by atoms with van der Waals surface area (Å²) in [5.41, 5.74) is 5.53. The third-order valence-electron chi connectivity index (χ3n) is 3.02. The minimum absolute atomic E-state index is 0.172. The van der Waals surface area contributed by atoms with Crippen LogP contribution in [0.15, 0.2) is 10.3 Å². The van der Waals surface area contributed by atoms with Crippen LogP contribution in [0.4, 0.5) is 10.7 Å². The summed E-state index contributed by atoms with van der Waals surface area (Å²) in [5.74, 6) is -0.874. The molecule has 0 atom stereocenters. The first kappa shape index (κ1) is 18.7. The maximum absolute atomic E-state index is 13.0. The molecule has 0 spiro atoms. The molecular weight excluding hydrogens is 370 g/mol. The molecule has 0 aliphatic carbocycles. The second kappa shape index (κ2) is 6.72. The molecule has 0 aliphatic rings. The molecule has 2 aromatic heterocycles. The topological polar surface area (TPSA) is 145 Å². The predicted molar refractivity (Wildman–Crippen MR) is 88.9 cm³/mol. The zero-order valence-electron chi connectivity index (χ0n) is 13.8. The van der Waals surface area contributed by atoms with Gasteiger partial charge in [-0.2, -0.15) is 9.97 Å². The highest BCUT2D eigenvalue weighted by Gasteiger charge is 2.37. The number of thiophene rings is 1. The third-order valence-corrected chi connectivity index (χ3v) is 6.09. The van der Waals surface area contributed by atoms with E-state index in [2.05, 4.69) is 19.7 Å². The molecule has 0 bridgehead atoms. The Morgan fingerprint density at radius 1 is 1.16 bits per heavy atom. The van der Waals surface area contributed by atoms with E-state index >= 15 is 0 Å². The van der Waals surface area contributed by atoms with E-state index in [1.807, 2.05) is 0 Å². The SMILES string of the molecule is COC(=O)c1scc(C)c1S(=O)(=O)N(C(N)=O)c1nc(C)nc(C)n1. The van der Waals surface area contributed by atoms with Crippen LogP contribution in [0, 0.1) is 20.8 Å². The van der Waals surface area contributed by atoms with Gasteiger partial charge in [0, 0.05) is 0 Å². The monoisotopic (exact) mass is 385 g/mol. The average molecular weight is 385 g/mol. The molecule has 0 radical (unpaired) electrons. The van der Waals surface area contributed by atoms with Crippen molar-refractivity contribution in [3.63, 3.8) is 0 Å². The number of ether oxygens (including phenoxy) is 1. The molecular formula is C13H15N5O5S2. The van der Waals surface area contributed by atoms with E-state index in [-0.39, 0.29) is 31.3 Å². The van der Waals surface area contributed by atoms with E-state index in [1.54, 1.807) is 0 Å². The van der Waals surface area contributed by atoms with Crippen LogP contribution in [0.3, 0.4) is 0 Å². The lowest BCUT2D eigenvalue weighted by Gasteiger charge is -2.19. The van der Waals surface area contributed by atoms with Crippen molar-refractivity contribution in [3.8, 4) is 0 Å². The van der Waals surface area contributed by atoms with Gasteiger partial charge in [0.05, 0.1) is 7.11 Å². The van der Waals surface area contributed by atoms with Crippen molar-refractivity contribution in [2.24, 2.45) is 5.73 Å². The van der Waals surface area contributed by atoms with E-state index in [0.29, 0.717) is 0 Å². The van der Waals surface area contributed by atoms with Gasteiger partial charge in [0.15, 0.2) is 0 Å². The highest BCUT2D eigenvalue weighted by atomic mass is 32.2. The van der Waals surface area contributed by atoms with Crippen molar-refractivity contribution in [3.05, 3.63) is 27.5 Å². The number of primary amides is 1. The van der Waals surface area contributed by atoms with Gasteiger partial charge in [-0.25, -0.2) is 23.0 Å². The van der Waals surface area contributed by atoms with E-state index < -0.39 is 28.0 Å². The quantitative estimate of drug-likeness (QED) is 0.765. The molecule has 2 heterocycles. The summed E-state index contributed by atoms with van der Waals surface area (Å²) < 4.78 is 30.9. The second-order valence-electron chi connectivity index (χ2n) is 4.91. The number of rotatable bonds is 4. The summed E-state index contributed by atoms with van der Waals surface area (Å²) in [7, 11) is -3.42. The average Bonchev–Trinajstić information content (AvgIpc) is 2.87. The van der Waals surface area contributed by atoms with Gasteiger partial charge in [-0.3, -0.25) is 0 Å². The van der Waals surface area contributed by atoms with Crippen molar-refractivity contribution in [2.75, 3.05) is 11.4 Å². The van der Waals surface area contributed by atoms with Crippen LogP contribution in [0.25, 0.3) is 0 Å². The van der Waals surface area contributed by atoms with Crippen LogP contribution in [-0.4, -0.2) is 42.5 Å². The van der Waals surface area contributed by atoms with Gasteiger partial charge in [0.25, 0.3) is 16.0 Å². The molecule has 25 heavy (non-hydrogen) atoms. The summed E-state index contributed by atoms with van der Waals surface area (Å²) in [6.07, 6.45) is 0. The summed E-state index contributed by atoms with van der Waals surface area (Å²) >= 11 is 0.881. The van der Waals surface area contributed by atoms with Gasteiger partial charge in [-0.05, 0) is 31.7 Å². The number of sulfonamides is 1. The number of nitrogens with two attached hydrogens (primary N) is 1. The normalized spacial score (nSPS) is 11.2. The Kier molecular flexibility index (Phi) is 5.04. The largest absolute Gasteiger partial charge is 0.465 e.